The van der Waals surface area contributed by atoms with Crippen molar-refractivity contribution >= 4 is 17.2 Å². The van der Waals surface area contributed by atoms with E-state index in [1.54, 1.807) is 11.3 Å². The number of aliphatic hydroxyl groups excluding tert-OH is 1. The van der Waals surface area contributed by atoms with Crippen LogP contribution >= 0.6 is 11.3 Å². The highest BCUT2D eigenvalue weighted by molar-refractivity contribution is 7.14. The lowest BCUT2D eigenvalue weighted by atomic mass is 10.1. The molecule has 1 amide bonds. The van der Waals surface area contributed by atoms with Crippen LogP contribution in [-0.2, 0) is 0 Å². The number of benzene rings is 1. The minimum atomic E-state index is -0.476. The molecule has 2 aromatic rings. The van der Waals surface area contributed by atoms with Crippen molar-refractivity contribution in [1.82, 2.24) is 9.80 Å². The second-order valence-corrected chi connectivity index (χ2v) is 7.63. The van der Waals surface area contributed by atoms with Crippen LogP contribution in [0.5, 0.6) is 0 Å². The summed E-state index contributed by atoms with van der Waals surface area (Å²) in [5.41, 5.74) is 2.13. The highest BCUT2D eigenvalue weighted by atomic mass is 32.1. The number of rotatable bonds is 4. The maximum atomic E-state index is 12.6. The highest BCUT2D eigenvalue weighted by Crippen LogP contribution is 2.23. The van der Waals surface area contributed by atoms with Gasteiger partial charge < -0.3 is 10.0 Å². The van der Waals surface area contributed by atoms with Crippen LogP contribution in [0.2, 0.25) is 0 Å². The molecule has 1 fully saturated rings. The molecule has 3 rings (SSSR count). The largest absolute Gasteiger partial charge is 0.387 e. The fourth-order valence-electron chi connectivity index (χ4n) is 2.99. The molecule has 0 unspecified atom stereocenters. The van der Waals surface area contributed by atoms with Crippen LogP contribution in [0.25, 0.3) is 0 Å². The van der Waals surface area contributed by atoms with E-state index < -0.39 is 6.10 Å². The third-order valence-electron chi connectivity index (χ3n) is 4.65. The summed E-state index contributed by atoms with van der Waals surface area (Å²) in [4.78, 5) is 18.8. The van der Waals surface area contributed by atoms with E-state index in [4.69, 9.17) is 0 Å². The number of nitrogens with zero attached hydrogens (tertiary/aromatic N) is 2. The van der Waals surface area contributed by atoms with Gasteiger partial charge in [-0.15, -0.1) is 11.3 Å². The Hall–Kier alpha value is -1.69. The molecule has 0 aliphatic carbocycles. The van der Waals surface area contributed by atoms with Crippen molar-refractivity contribution in [2.75, 3.05) is 32.7 Å². The molecular weight excluding hydrogens is 320 g/mol. The molecule has 1 atom stereocenters. The zero-order chi connectivity index (χ0) is 17.1. The zero-order valence-corrected chi connectivity index (χ0v) is 15.1. The van der Waals surface area contributed by atoms with Gasteiger partial charge in [0.2, 0.25) is 0 Å². The summed E-state index contributed by atoms with van der Waals surface area (Å²) in [6, 6.07) is 11.7. The first-order chi connectivity index (χ1) is 11.5. The van der Waals surface area contributed by atoms with Gasteiger partial charge in [-0.25, -0.2) is 0 Å². The smallest absolute Gasteiger partial charge is 0.264 e. The molecule has 1 aliphatic rings. The van der Waals surface area contributed by atoms with E-state index in [-0.39, 0.29) is 5.91 Å². The second kappa shape index (κ2) is 7.47. The average Bonchev–Trinajstić information content (AvgIpc) is 2.95. The number of carbonyl (C=O) groups excluding carboxylic acids is 1. The Morgan fingerprint density at radius 2 is 1.83 bits per heavy atom. The van der Waals surface area contributed by atoms with Gasteiger partial charge in [0.1, 0.15) is 0 Å². The van der Waals surface area contributed by atoms with Crippen LogP contribution < -0.4 is 0 Å². The van der Waals surface area contributed by atoms with Gasteiger partial charge in [-0.1, -0.05) is 30.3 Å². The lowest BCUT2D eigenvalue weighted by Gasteiger charge is -2.35. The summed E-state index contributed by atoms with van der Waals surface area (Å²) >= 11 is 1.58. The molecule has 5 heteroatoms. The van der Waals surface area contributed by atoms with Gasteiger partial charge in [0.05, 0.1) is 11.0 Å². The SMILES string of the molecule is Cc1cc(C(=O)N2CCN(C[C@H](O)c3ccccc3)CC2)sc1C. The summed E-state index contributed by atoms with van der Waals surface area (Å²) in [6.45, 7) is 7.76. The van der Waals surface area contributed by atoms with Crippen molar-refractivity contribution in [2.45, 2.75) is 20.0 Å². The highest BCUT2D eigenvalue weighted by Gasteiger charge is 2.24. The van der Waals surface area contributed by atoms with E-state index in [0.29, 0.717) is 6.54 Å². The van der Waals surface area contributed by atoms with Crippen molar-refractivity contribution in [1.29, 1.82) is 0 Å². The number of aryl methyl sites for hydroxylation is 2. The molecule has 0 radical (unpaired) electrons. The molecule has 4 nitrogen and oxygen atoms in total. The average molecular weight is 344 g/mol. The van der Waals surface area contributed by atoms with E-state index in [9.17, 15) is 9.90 Å². The first-order valence-electron chi connectivity index (χ1n) is 8.36. The van der Waals surface area contributed by atoms with Crippen molar-refractivity contribution in [2.24, 2.45) is 0 Å². The lowest BCUT2D eigenvalue weighted by molar-refractivity contribution is 0.0531. The summed E-state index contributed by atoms with van der Waals surface area (Å²) < 4.78 is 0. The maximum absolute atomic E-state index is 12.6. The van der Waals surface area contributed by atoms with Gasteiger partial charge in [0, 0.05) is 37.6 Å². The Labute approximate surface area is 147 Å². The first kappa shape index (κ1) is 17.1. The quantitative estimate of drug-likeness (QED) is 0.927. The molecular formula is C19H24N2O2S. The normalized spacial score (nSPS) is 17.0. The van der Waals surface area contributed by atoms with Gasteiger partial charge in [0.25, 0.3) is 5.91 Å². The van der Waals surface area contributed by atoms with Crippen molar-refractivity contribution < 1.29 is 9.90 Å². The van der Waals surface area contributed by atoms with Crippen molar-refractivity contribution in [3.05, 3.63) is 57.3 Å². The molecule has 1 aromatic carbocycles. The summed E-state index contributed by atoms with van der Waals surface area (Å²) in [6.07, 6.45) is -0.476. The Bertz CT molecular complexity index is 671. The van der Waals surface area contributed by atoms with Gasteiger partial charge in [0.15, 0.2) is 0 Å². The van der Waals surface area contributed by atoms with Gasteiger partial charge in [-0.2, -0.15) is 0 Å². The standard InChI is InChI=1S/C19H24N2O2S/c1-14-12-18(24-15(14)2)19(23)21-10-8-20(9-11-21)13-17(22)16-6-4-3-5-7-16/h3-7,12,17,22H,8-11,13H2,1-2H3/t17-/m0/s1. The number of β-amino-alcohol motifs (C(OH)–C–C–N with tert-alkyl or cyclic N) is 1. The van der Waals surface area contributed by atoms with E-state index in [2.05, 4.69) is 11.8 Å². The monoisotopic (exact) mass is 344 g/mol. The molecule has 1 saturated heterocycles. The molecule has 0 bridgehead atoms. The van der Waals surface area contributed by atoms with E-state index >= 15 is 0 Å². The lowest BCUT2D eigenvalue weighted by Crippen LogP contribution is -2.49. The molecule has 1 N–H and O–H groups in total. The summed E-state index contributed by atoms with van der Waals surface area (Å²) in [7, 11) is 0. The van der Waals surface area contributed by atoms with Gasteiger partial charge in [-0.3, -0.25) is 9.69 Å². The number of piperazine rings is 1. The fourth-order valence-corrected chi connectivity index (χ4v) is 3.99. The third kappa shape index (κ3) is 3.86. The van der Waals surface area contributed by atoms with Crippen LogP contribution in [-0.4, -0.2) is 53.5 Å². The number of thiophene rings is 1. The number of carbonyl (C=O) groups is 1. The maximum Gasteiger partial charge on any atom is 0.264 e. The molecule has 2 heterocycles. The predicted molar refractivity (Wildman–Crippen MR) is 97.5 cm³/mol. The van der Waals surface area contributed by atoms with Crippen LogP contribution in [0.1, 0.15) is 31.8 Å². The molecule has 0 spiro atoms. The van der Waals surface area contributed by atoms with E-state index in [1.807, 2.05) is 48.2 Å². The Balaban J connectivity index is 1.53. The van der Waals surface area contributed by atoms with E-state index in [0.717, 1.165) is 36.6 Å². The number of amides is 1. The number of aliphatic hydroxyl groups is 1. The Morgan fingerprint density at radius 3 is 2.42 bits per heavy atom. The first-order valence-corrected chi connectivity index (χ1v) is 9.18. The molecule has 0 saturated carbocycles. The van der Waals surface area contributed by atoms with Gasteiger partial charge >= 0.3 is 0 Å². The zero-order valence-electron chi connectivity index (χ0n) is 14.2. The Kier molecular flexibility index (Phi) is 5.33. The number of hydrogen-bond donors (Lipinski definition) is 1. The molecule has 1 aliphatic heterocycles. The van der Waals surface area contributed by atoms with Crippen LogP contribution in [0, 0.1) is 13.8 Å². The fraction of sp³-hybridized carbons (Fsp3) is 0.421. The molecule has 24 heavy (non-hydrogen) atoms. The Morgan fingerprint density at radius 1 is 1.17 bits per heavy atom. The van der Waals surface area contributed by atoms with Crippen LogP contribution in [0.15, 0.2) is 36.4 Å². The minimum absolute atomic E-state index is 0.138. The minimum Gasteiger partial charge on any atom is -0.387 e. The second-order valence-electron chi connectivity index (χ2n) is 6.37. The summed E-state index contributed by atoms with van der Waals surface area (Å²) in [5.74, 6) is 0.138. The number of hydrogen-bond acceptors (Lipinski definition) is 4. The van der Waals surface area contributed by atoms with Crippen LogP contribution in [0.3, 0.4) is 0 Å². The van der Waals surface area contributed by atoms with E-state index in [1.165, 1.54) is 10.4 Å². The molecule has 128 valence electrons. The third-order valence-corrected chi connectivity index (χ3v) is 5.79. The topological polar surface area (TPSA) is 43.8 Å². The van der Waals surface area contributed by atoms with Crippen molar-refractivity contribution in [3.63, 3.8) is 0 Å². The summed E-state index contributed by atoms with van der Waals surface area (Å²) in [5, 5.41) is 10.3. The molecule has 1 aromatic heterocycles. The van der Waals surface area contributed by atoms with Crippen molar-refractivity contribution in [3.8, 4) is 0 Å². The van der Waals surface area contributed by atoms with Gasteiger partial charge in [-0.05, 0) is 31.0 Å². The predicted octanol–water partition coefficient (Wildman–Crippen LogP) is 2.86. The van der Waals surface area contributed by atoms with Crippen LogP contribution in [0.4, 0.5) is 0 Å².